The second-order valence-electron chi connectivity index (χ2n) is 7.43. The fourth-order valence-corrected chi connectivity index (χ4v) is 4.99. The Morgan fingerprint density at radius 3 is 2.30 bits per heavy atom. The van der Waals surface area contributed by atoms with Crippen LogP contribution >= 0.6 is 0 Å². The molecule has 2 N–H and O–H groups in total. The molecule has 0 radical (unpaired) electrons. The van der Waals surface area contributed by atoms with Crippen molar-refractivity contribution in [3.8, 4) is 0 Å². The van der Waals surface area contributed by atoms with Gasteiger partial charge in [-0.2, -0.15) is 13.2 Å². The van der Waals surface area contributed by atoms with E-state index in [2.05, 4.69) is 0 Å². The molecular weight excluding hydrogens is 315 g/mol. The second kappa shape index (κ2) is 5.36. The van der Waals surface area contributed by atoms with E-state index in [9.17, 15) is 27.9 Å². The highest BCUT2D eigenvalue weighted by Crippen LogP contribution is 2.61. The summed E-state index contributed by atoms with van der Waals surface area (Å²) in [7, 11) is 0. The Balaban J connectivity index is 1.55. The number of nitrogens with one attached hydrogen (secondary N) is 1. The van der Waals surface area contributed by atoms with Crippen molar-refractivity contribution in [2.24, 2.45) is 17.3 Å². The Hall–Kier alpha value is -1.31. The molecule has 4 rings (SSSR count). The van der Waals surface area contributed by atoms with Crippen molar-refractivity contribution < 1.29 is 32.6 Å². The monoisotopic (exact) mass is 335 g/mol. The van der Waals surface area contributed by atoms with Crippen LogP contribution in [0.3, 0.4) is 0 Å². The molecule has 0 aromatic heterocycles. The van der Waals surface area contributed by atoms with Crippen molar-refractivity contribution in [2.75, 3.05) is 13.2 Å². The molecule has 0 aromatic carbocycles. The number of esters is 1. The van der Waals surface area contributed by atoms with Crippen LogP contribution < -0.4 is 5.32 Å². The summed E-state index contributed by atoms with van der Waals surface area (Å²) in [5.41, 5.74) is -1.61. The van der Waals surface area contributed by atoms with Gasteiger partial charge in [-0.1, -0.05) is 0 Å². The van der Waals surface area contributed by atoms with Crippen molar-refractivity contribution in [1.82, 2.24) is 5.32 Å². The van der Waals surface area contributed by atoms with Gasteiger partial charge in [0, 0.05) is 0 Å². The molecule has 0 aliphatic heterocycles. The highest BCUT2D eigenvalue weighted by molar-refractivity contribution is 5.83. The lowest BCUT2D eigenvalue weighted by Gasteiger charge is -2.58. The zero-order chi connectivity index (χ0) is 16.9. The van der Waals surface area contributed by atoms with E-state index in [1.54, 1.807) is 5.32 Å². The predicted octanol–water partition coefficient (Wildman–Crippen LogP) is 1.54. The van der Waals surface area contributed by atoms with Crippen LogP contribution in [0, 0.1) is 17.3 Å². The summed E-state index contributed by atoms with van der Waals surface area (Å²) in [5, 5.41) is 12.2. The molecule has 4 saturated carbocycles. The molecule has 8 heteroatoms. The van der Waals surface area contributed by atoms with Crippen molar-refractivity contribution in [3.05, 3.63) is 0 Å². The highest BCUT2D eigenvalue weighted by atomic mass is 19.4. The maximum Gasteiger partial charge on any atom is 0.405 e. The first kappa shape index (κ1) is 16.5. The van der Waals surface area contributed by atoms with Crippen molar-refractivity contribution in [2.45, 2.75) is 50.3 Å². The molecular formula is C15H20F3NO4. The summed E-state index contributed by atoms with van der Waals surface area (Å²) in [4.78, 5) is 23.8. The van der Waals surface area contributed by atoms with Crippen LogP contribution in [0.5, 0.6) is 0 Å². The summed E-state index contributed by atoms with van der Waals surface area (Å²) < 4.78 is 41.0. The van der Waals surface area contributed by atoms with Gasteiger partial charge in [-0.05, 0) is 50.4 Å². The number of hydrogen-bond acceptors (Lipinski definition) is 4. The van der Waals surface area contributed by atoms with Crippen LogP contribution in [-0.4, -0.2) is 41.9 Å². The van der Waals surface area contributed by atoms with Gasteiger partial charge in [0.25, 0.3) is 5.91 Å². The summed E-state index contributed by atoms with van der Waals surface area (Å²) in [6.45, 7) is -2.16. The van der Waals surface area contributed by atoms with Crippen LogP contribution in [0.2, 0.25) is 0 Å². The van der Waals surface area contributed by atoms with Gasteiger partial charge in [0.05, 0.1) is 11.0 Å². The third kappa shape index (κ3) is 3.46. The third-order valence-corrected chi connectivity index (χ3v) is 5.28. The van der Waals surface area contributed by atoms with E-state index in [0.29, 0.717) is 32.1 Å². The Kier molecular flexibility index (Phi) is 3.85. The zero-order valence-electron chi connectivity index (χ0n) is 12.6. The second-order valence-corrected chi connectivity index (χ2v) is 7.43. The number of carbonyl (C=O) groups excluding carboxylic acids is 2. The Bertz CT molecular complexity index is 505. The smallest absolute Gasteiger partial charge is 0.405 e. The van der Waals surface area contributed by atoms with Gasteiger partial charge in [0.1, 0.15) is 6.54 Å². The summed E-state index contributed by atoms with van der Waals surface area (Å²) in [5.74, 6) is -0.966. The molecule has 4 fully saturated rings. The Morgan fingerprint density at radius 2 is 1.78 bits per heavy atom. The predicted molar refractivity (Wildman–Crippen MR) is 72.1 cm³/mol. The van der Waals surface area contributed by atoms with E-state index in [0.717, 1.165) is 6.42 Å². The quantitative estimate of drug-likeness (QED) is 0.764. The number of amides is 1. The van der Waals surface area contributed by atoms with Gasteiger partial charge in [0.2, 0.25) is 0 Å². The lowest BCUT2D eigenvalue weighted by Crippen LogP contribution is -2.58. The SMILES string of the molecule is O=C(COC(=O)C12C[C@@H]3C[C@@H](CC(O)(C3)C1)C2)NCC(F)(F)F. The molecule has 0 heterocycles. The minimum Gasteiger partial charge on any atom is -0.455 e. The zero-order valence-corrected chi connectivity index (χ0v) is 12.6. The molecule has 4 aliphatic carbocycles. The fourth-order valence-electron chi connectivity index (χ4n) is 4.99. The van der Waals surface area contributed by atoms with Crippen molar-refractivity contribution in [3.63, 3.8) is 0 Å². The molecule has 0 spiro atoms. The van der Waals surface area contributed by atoms with E-state index < -0.39 is 42.2 Å². The molecule has 0 saturated heterocycles. The topological polar surface area (TPSA) is 75.6 Å². The number of rotatable bonds is 4. The molecule has 23 heavy (non-hydrogen) atoms. The molecule has 0 aromatic rings. The molecule has 4 aliphatic rings. The molecule has 1 amide bonds. The van der Waals surface area contributed by atoms with Gasteiger partial charge in [-0.3, -0.25) is 9.59 Å². The van der Waals surface area contributed by atoms with Gasteiger partial charge in [-0.15, -0.1) is 0 Å². The minimum absolute atomic E-state index is 0.285. The first-order chi connectivity index (χ1) is 10.6. The first-order valence-corrected chi connectivity index (χ1v) is 7.82. The minimum atomic E-state index is -4.50. The number of halogens is 3. The van der Waals surface area contributed by atoms with E-state index >= 15 is 0 Å². The van der Waals surface area contributed by atoms with Crippen LogP contribution in [-0.2, 0) is 14.3 Å². The van der Waals surface area contributed by atoms with E-state index in [-0.39, 0.29) is 11.8 Å². The lowest BCUT2D eigenvalue weighted by molar-refractivity contribution is -0.196. The molecule has 5 nitrogen and oxygen atoms in total. The van der Waals surface area contributed by atoms with Gasteiger partial charge < -0.3 is 15.2 Å². The van der Waals surface area contributed by atoms with Gasteiger partial charge in [0.15, 0.2) is 6.61 Å². The van der Waals surface area contributed by atoms with E-state index in [1.165, 1.54) is 0 Å². The maximum atomic E-state index is 12.4. The normalized spacial score (nSPS) is 38.4. The largest absolute Gasteiger partial charge is 0.455 e. The molecule has 130 valence electrons. The standard InChI is InChI=1S/C15H20F3NO4/c16-15(17,18)8-19-11(20)6-23-12(21)13-2-9-1-10(3-13)5-14(22,4-9)7-13/h9-10,22H,1-8H2,(H,19,20)/t9-,10+,13?,14?. The average molecular weight is 335 g/mol. The first-order valence-electron chi connectivity index (χ1n) is 7.82. The number of aliphatic hydroxyl groups is 1. The van der Waals surface area contributed by atoms with Crippen LogP contribution in [0.15, 0.2) is 0 Å². The summed E-state index contributed by atoms with van der Waals surface area (Å²) in [6.07, 6.45) is -0.499. The number of ether oxygens (including phenoxy) is 1. The highest BCUT2D eigenvalue weighted by Gasteiger charge is 2.60. The van der Waals surface area contributed by atoms with Crippen LogP contribution in [0.1, 0.15) is 38.5 Å². The van der Waals surface area contributed by atoms with Crippen LogP contribution in [0.4, 0.5) is 13.2 Å². The average Bonchev–Trinajstić information content (AvgIpc) is 2.39. The number of alkyl halides is 3. The van der Waals surface area contributed by atoms with Crippen molar-refractivity contribution in [1.29, 1.82) is 0 Å². The Morgan fingerprint density at radius 1 is 1.17 bits per heavy atom. The Labute approximate surface area is 131 Å². The number of carbonyl (C=O) groups is 2. The summed E-state index contributed by atoms with van der Waals surface area (Å²) in [6, 6.07) is 0. The molecule has 4 bridgehead atoms. The summed E-state index contributed by atoms with van der Waals surface area (Å²) >= 11 is 0. The maximum absolute atomic E-state index is 12.4. The number of hydrogen-bond donors (Lipinski definition) is 2. The lowest BCUT2D eigenvalue weighted by atomic mass is 9.48. The molecule has 2 unspecified atom stereocenters. The third-order valence-electron chi connectivity index (χ3n) is 5.28. The van der Waals surface area contributed by atoms with Gasteiger partial charge >= 0.3 is 12.1 Å². The van der Waals surface area contributed by atoms with E-state index in [4.69, 9.17) is 4.74 Å². The fraction of sp³-hybridized carbons (Fsp3) is 0.867. The van der Waals surface area contributed by atoms with E-state index in [1.807, 2.05) is 0 Å². The van der Waals surface area contributed by atoms with Crippen molar-refractivity contribution >= 4 is 11.9 Å². The molecule has 4 atom stereocenters. The van der Waals surface area contributed by atoms with Crippen LogP contribution in [0.25, 0.3) is 0 Å². The van der Waals surface area contributed by atoms with Gasteiger partial charge in [-0.25, -0.2) is 0 Å².